The predicted molar refractivity (Wildman–Crippen MR) is 80.5 cm³/mol. The Morgan fingerprint density at radius 2 is 2.21 bits per heavy atom. The minimum Gasteiger partial charge on any atom is -0.365 e. The first-order chi connectivity index (χ1) is 9.25. The van der Waals surface area contributed by atoms with Gasteiger partial charge in [0.05, 0.1) is 17.3 Å². The van der Waals surface area contributed by atoms with Crippen LogP contribution >= 0.6 is 11.8 Å². The fourth-order valence-electron chi connectivity index (χ4n) is 1.74. The SMILES string of the molecule is C[C@H](SC(=N)NCCc1ccccc1)c1c[nH]cn1. The lowest BCUT2D eigenvalue weighted by Gasteiger charge is -2.11. The van der Waals surface area contributed by atoms with Gasteiger partial charge in [0.25, 0.3) is 0 Å². The quantitative estimate of drug-likeness (QED) is 0.580. The topological polar surface area (TPSA) is 64.6 Å². The predicted octanol–water partition coefficient (Wildman–Crippen LogP) is 2.97. The van der Waals surface area contributed by atoms with Crippen LogP contribution in [0.3, 0.4) is 0 Å². The molecule has 0 fully saturated rings. The lowest BCUT2D eigenvalue weighted by atomic mass is 10.2. The Kier molecular flexibility index (Phi) is 5.03. The molecule has 0 radical (unpaired) electrons. The van der Waals surface area contributed by atoms with Gasteiger partial charge in [-0.15, -0.1) is 0 Å². The zero-order valence-electron chi connectivity index (χ0n) is 10.9. The molecular weight excluding hydrogens is 256 g/mol. The van der Waals surface area contributed by atoms with Crippen LogP contribution in [0, 0.1) is 5.41 Å². The zero-order chi connectivity index (χ0) is 13.5. The van der Waals surface area contributed by atoms with Gasteiger partial charge in [-0.1, -0.05) is 42.1 Å². The summed E-state index contributed by atoms with van der Waals surface area (Å²) in [7, 11) is 0. The molecule has 0 aliphatic rings. The minimum absolute atomic E-state index is 0.183. The molecule has 2 rings (SSSR count). The van der Waals surface area contributed by atoms with Gasteiger partial charge in [-0.3, -0.25) is 5.41 Å². The Bertz CT molecular complexity index is 495. The number of thioether (sulfide) groups is 1. The van der Waals surface area contributed by atoms with Crippen LogP contribution in [-0.2, 0) is 6.42 Å². The van der Waals surface area contributed by atoms with Gasteiger partial charge in [0.1, 0.15) is 0 Å². The number of H-pyrrole nitrogens is 1. The van der Waals surface area contributed by atoms with Gasteiger partial charge in [-0.25, -0.2) is 4.98 Å². The maximum atomic E-state index is 7.90. The van der Waals surface area contributed by atoms with Crippen molar-refractivity contribution in [2.24, 2.45) is 0 Å². The van der Waals surface area contributed by atoms with Gasteiger partial charge >= 0.3 is 0 Å². The Labute approximate surface area is 117 Å². The fourth-order valence-corrected chi connectivity index (χ4v) is 2.53. The standard InChI is InChI=1S/C14H18N4S/c1-11(13-9-16-10-18-13)19-14(15)17-8-7-12-5-3-2-4-6-12/h2-6,9-11H,7-8H2,1H3,(H2,15,17)(H,16,18)/t11-/m0/s1. The largest absolute Gasteiger partial charge is 0.365 e. The molecule has 3 N–H and O–H groups in total. The normalized spacial score (nSPS) is 12.1. The fraction of sp³-hybridized carbons (Fsp3) is 0.286. The van der Waals surface area contributed by atoms with Crippen LogP contribution in [0.25, 0.3) is 0 Å². The van der Waals surface area contributed by atoms with Crippen LogP contribution in [0.4, 0.5) is 0 Å². The van der Waals surface area contributed by atoms with E-state index in [4.69, 9.17) is 5.41 Å². The molecule has 1 aromatic heterocycles. The van der Waals surface area contributed by atoms with E-state index in [2.05, 4.69) is 27.4 Å². The molecule has 5 heteroatoms. The number of hydrogen-bond donors (Lipinski definition) is 3. The molecule has 1 aromatic carbocycles. The summed E-state index contributed by atoms with van der Waals surface area (Å²) in [6, 6.07) is 10.3. The van der Waals surface area contributed by atoms with Crippen molar-refractivity contribution in [3.05, 3.63) is 54.1 Å². The van der Waals surface area contributed by atoms with Crippen molar-refractivity contribution in [2.45, 2.75) is 18.6 Å². The van der Waals surface area contributed by atoms with Gasteiger partial charge in [0, 0.05) is 12.7 Å². The molecule has 0 aliphatic carbocycles. The summed E-state index contributed by atoms with van der Waals surface area (Å²) in [5.41, 5.74) is 2.26. The van der Waals surface area contributed by atoms with E-state index in [9.17, 15) is 0 Å². The highest BCUT2D eigenvalue weighted by Gasteiger charge is 2.10. The number of aromatic nitrogens is 2. The molecule has 1 atom stereocenters. The minimum atomic E-state index is 0.183. The van der Waals surface area contributed by atoms with Gasteiger partial charge < -0.3 is 10.3 Å². The van der Waals surface area contributed by atoms with Crippen molar-refractivity contribution in [1.29, 1.82) is 5.41 Å². The van der Waals surface area contributed by atoms with Gasteiger partial charge in [0.2, 0.25) is 0 Å². The maximum absolute atomic E-state index is 7.90. The van der Waals surface area contributed by atoms with E-state index >= 15 is 0 Å². The molecule has 100 valence electrons. The molecule has 2 aromatic rings. The number of rotatable bonds is 5. The van der Waals surface area contributed by atoms with E-state index in [0.29, 0.717) is 5.17 Å². The second-order valence-electron chi connectivity index (χ2n) is 4.25. The van der Waals surface area contributed by atoms with Crippen LogP contribution in [-0.4, -0.2) is 21.7 Å². The number of hydrogen-bond acceptors (Lipinski definition) is 3. The molecular formula is C14H18N4S. The van der Waals surface area contributed by atoms with Crippen LogP contribution in [0.1, 0.15) is 23.4 Å². The summed E-state index contributed by atoms with van der Waals surface area (Å²) in [6.45, 7) is 2.83. The van der Waals surface area contributed by atoms with Crippen molar-refractivity contribution < 1.29 is 0 Å². The Morgan fingerprint density at radius 1 is 1.42 bits per heavy atom. The van der Waals surface area contributed by atoms with Gasteiger partial charge in [-0.05, 0) is 18.9 Å². The van der Waals surface area contributed by atoms with Crippen LogP contribution in [0.5, 0.6) is 0 Å². The first-order valence-electron chi connectivity index (χ1n) is 6.27. The average Bonchev–Trinajstić information content (AvgIpc) is 2.94. The van der Waals surface area contributed by atoms with Crippen molar-refractivity contribution in [1.82, 2.24) is 15.3 Å². The first-order valence-corrected chi connectivity index (χ1v) is 7.15. The maximum Gasteiger partial charge on any atom is 0.154 e. The third-order valence-corrected chi connectivity index (χ3v) is 3.75. The molecule has 0 amide bonds. The zero-order valence-corrected chi connectivity index (χ0v) is 11.7. The average molecular weight is 274 g/mol. The summed E-state index contributed by atoms with van der Waals surface area (Å²) < 4.78 is 0. The van der Waals surface area contributed by atoms with Crippen molar-refractivity contribution in [3.8, 4) is 0 Å². The van der Waals surface area contributed by atoms with Crippen LogP contribution < -0.4 is 5.32 Å². The Hall–Kier alpha value is -1.75. The summed E-state index contributed by atoms with van der Waals surface area (Å²) >= 11 is 1.48. The lowest BCUT2D eigenvalue weighted by Crippen LogP contribution is -2.22. The number of nitrogens with one attached hydrogen (secondary N) is 3. The van der Waals surface area contributed by atoms with Gasteiger partial charge in [-0.2, -0.15) is 0 Å². The highest BCUT2D eigenvalue weighted by Crippen LogP contribution is 2.25. The number of nitrogens with zero attached hydrogens (tertiary/aromatic N) is 1. The number of imidazole rings is 1. The summed E-state index contributed by atoms with van der Waals surface area (Å²) in [4.78, 5) is 7.13. The van der Waals surface area contributed by atoms with Crippen molar-refractivity contribution in [3.63, 3.8) is 0 Å². The van der Waals surface area contributed by atoms with E-state index < -0.39 is 0 Å². The van der Waals surface area contributed by atoms with Crippen LogP contribution in [0.15, 0.2) is 42.9 Å². The molecule has 19 heavy (non-hydrogen) atoms. The summed E-state index contributed by atoms with van der Waals surface area (Å²) in [5.74, 6) is 0. The highest BCUT2D eigenvalue weighted by molar-refractivity contribution is 8.13. The highest BCUT2D eigenvalue weighted by atomic mass is 32.2. The molecule has 0 saturated carbocycles. The van der Waals surface area contributed by atoms with Crippen molar-refractivity contribution >= 4 is 16.9 Å². The second-order valence-corrected chi connectivity index (χ2v) is 5.60. The number of benzene rings is 1. The lowest BCUT2D eigenvalue weighted by molar-refractivity contribution is 0.870. The summed E-state index contributed by atoms with van der Waals surface area (Å²) in [5, 5.41) is 11.7. The van der Waals surface area contributed by atoms with Gasteiger partial charge in [0.15, 0.2) is 5.17 Å². The number of amidine groups is 1. The molecule has 1 heterocycles. The Morgan fingerprint density at radius 3 is 2.89 bits per heavy atom. The third-order valence-electron chi connectivity index (χ3n) is 2.77. The molecule has 0 spiro atoms. The molecule has 0 aliphatic heterocycles. The molecule has 0 bridgehead atoms. The molecule has 0 saturated heterocycles. The second kappa shape index (κ2) is 6.99. The summed E-state index contributed by atoms with van der Waals surface area (Å²) in [6.07, 6.45) is 4.47. The van der Waals surface area contributed by atoms with E-state index in [1.54, 1.807) is 6.33 Å². The van der Waals surface area contributed by atoms with Crippen molar-refractivity contribution in [2.75, 3.05) is 6.54 Å². The van der Waals surface area contributed by atoms with Crippen LogP contribution in [0.2, 0.25) is 0 Å². The first kappa shape index (κ1) is 13.7. The third kappa shape index (κ3) is 4.44. The van der Waals surface area contributed by atoms with E-state index in [1.165, 1.54) is 17.3 Å². The van der Waals surface area contributed by atoms with E-state index in [0.717, 1.165) is 18.7 Å². The molecule has 0 unspecified atom stereocenters. The molecule has 4 nitrogen and oxygen atoms in total. The Balaban J connectivity index is 1.70. The van der Waals surface area contributed by atoms with E-state index in [-0.39, 0.29) is 5.25 Å². The number of aromatic amines is 1. The monoisotopic (exact) mass is 274 g/mol. The smallest absolute Gasteiger partial charge is 0.154 e. The van der Waals surface area contributed by atoms with E-state index in [1.807, 2.05) is 31.3 Å².